The SMILES string of the molecule is O=c1n(N=Cc2ccc(-c3ccc(Cl)cc3)o2)cc(O)n1CCCN1CCN(CCO)CC1. The molecule has 1 aromatic carbocycles. The van der Waals surface area contributed by atoms with Crippen molar-refractivity contribution in [3.05, 3.63) is 63.9 Å². The smallest absolute Gasteiger partial charge is 0.351 e. The fourth-order valence-electron chi connectivity index (χ4n) is 3.89. The molecule has 2 N–H and O–H groups in total. The molecule has 176 valence electrons. The van der Waals surface area contributed by atoms with Crippen molar-refractivity contribution in [2.75, 3.05) is 45.9 Å². The Kier molecular flexibility index (Phi) is 7.66. The second-order valence-corrected chi connectivity index (χ2v) is 8.42. The number of rotatable bonds is 9. The quantitative estimate of drug-likeness (QED) is 0.462. The summed E-state index contributed by atoms with van der Waals surface area (Å²) < 4.78 is 8.19. The molecular formula is C23H28ClN5O4. The van der Waals surface area contributed by atoms with Crippen molar-refractivity contribution in [2.24, 2.45) is 5.10 Å². The summed E-state index contributed by atoms with van der Waals surface area (Å²) >= 11 is 5.92. The van der Waals surface area contributed by atoms with E-state index in [0.717, 1.165) is 49.4 Å². The molecule has 1 aliphatic heterocycles. The van der Waals surface area contributed by atoms with Gasteiger partial charge in [-0.3, -0.25) is 9.47 Å². The van der Waals surface area contributed by atoms with Crippen LogP contribution in [0.25, 0.3) is 11.3 Å². The lowest BCUT2D eigenvalue weighted by Gasteiger charge is -2.34. The topological polar surface area (TPSA) is 99.4 Å². The van der Waals surface area contributed by atoms with Gasteiger partial charge in [0.2, 0.25) is 5.88 Å². The molecule has 3 heterocycles. The van der Waals surface area contributed by atoms with Gasteiger partial charge >= 0.3 is 5.69 Å². The predicted octanol–water partition coefficient (Wildman–Crippen LogP) is 2.15. The molecule has 9 nitrogen and oxygen atoms in total. The summed E-state index contributed by atoms with van der Waals surface area (Å²) in [6.07, 6.45) is 3.48. The van der Waals surface area contributed by atoms with E-state index in [9.17, 15) is 9.90 Å². The first kappa shape index (κ1) is 23.3. The van der Waals surface area contributed by atoms with Crippen molar-refractivity contribution in [1.82, 2.24) is 19.0 Å². The van der Waals surface area contributed by atoms with E-state index < -0.39 is 5.69 Å². The van der Waals surface area contributed by atoms with Crippen molar-refractivity contribution in [1.29, 1.82) is 0 Å². The van der Waals surface area contributed by atoms with Crippen molar-refractivity contribution in [2.45, 2.75) is 13.0 Å². The third-order valence-corrected chi connectivity index (χ3v) is 6.00. The van der Waals surface area contributed by atoms with Crippen LogP contribution < -0.4 is 5.69 Å². The molecule has 0 unspecified atom stereocenters. The first-order chi connectivity index (χ1) is 16.0. The highest BCUT2D eigenvalue weighted by Crippen LogP contribution is 2.23. The van der Waals surface area contributed by atoms with Crippen LogP contribution in [0.2, 0.25) is 5.02 Å². The molecule has 1 fully saturated rings. The lowest BCUT2D eigenvalue weighted by Crippen LogP contribution is -2.47. The Morgan fingerprint density at radius 1 is 1.00 bits per heavy atom. The fraction of sp³-hybridized carbons (Fsp3) is 0.391. The van der Waals surface area contributed by atoms with Crippen LogP contribution >= 0.6 is 11.6 Å². The number of hydrogen-bond acceptors (Lipinski definition) is 7. The van der Waals surface area contributed by atoms with E-state index in [1.54, 1.807) is 18.2 Å². The average Bonchev–Trinajstić information content (AvgIpc) is 3.39. The summed E-state index contributed by atoms with van der Waals surface area (Å²) in [5, 5.41) is 24.0. The van der Waals surface area contributed by atoms with Crippen molar-refractivity contribution in [3.8, 4) is 17.2 Å². The minimum atomic E-state index is -0.402. The number of aliphatic hydroxyl groups excluding tert-OH is 1. The number of furan rings is 1. The molecule has 0 radical (unpaired) electrons. The summed E-state index contributed by atoms with van der Waals surface area (Å²) in [6, 6.07) is 10.9. The molecule has 0 amide bonds. The van der Waals surface area contributed by atoms with E-state index in [2.05, 4.69) is 14.9 Å². The monoisotopic (exact) mass is 473 g/mol. The van der Waals surface area contributed by atoms with Crippen LogP contribution in [0.3, 0.4) is 0 Å². The van der Waals surface area contributed by atoms with Crippen LogP contribution in [-0.4, -0.2) is 81.3 Å². The number of hydrogen-bond donors (Lipinski definition) is 2. The molecular weight excluding hydrogens is 446 g/mol. The Hall–Kier alpha value is -2.85. The molecule has 33 heavy (non-hydrogen) atoms. The molecule has 0 aliphatic carbocycles. The minimum absolute atomic E-state index is 0.119. The van der Waals surface area contributed by atoms with Gasteiger partial charge in [-0.1, -0.05) is 11.6 Å². The van der Waals surface area contributed by atoms with E-state index in [1.165, 1.54) is 17.0 Å². The lowest BCUT2D eigenvalue weighted by molar-refractivity contribution is 0.111. The number of benzene rings is 1. The molecule has 0 atom stereocenters. The number of β-amino-alcohol motifs (C(OH)–C–C–N with tert-alkyl or cyclic N) is 1. The first-order valence-corrected chi connectivity index (χ1v) is 11.4. The Morgan fingerprint density at radius 2 is 1.70 bits per heavy atom. The molecule has 0 spiro atoms. The van der Waals surface area contributed by atoms with Crippen molar-refractivity contribution in [3.63, 3.8) is 0 Å². The normalized spacial score (nSPS) is 15.6. The largest absolute Gasteiger partial charge is 0.493 e. The number of piperazine rings is 1. The third kappa shape index (κ3) is 5.94. The van der Waals surface area contributed by atoms with Crippen LogP contribution in [0.1, 0.15) is 12.2 Å². The number of aliphatic hydroxyl groups is 1. The summed E-state index contributed by atoms with van der Waals surface area (Å²) in [4.78, 5) is 17.2. The molecule has 2 aromatic heterocycles. The predicted molar refractivity (Wildman–Crippen MR) is 127 cm³/mol. The second kappa shape index (κ2) is 10.8. The zero-order valence-electron chi connectivity index (χ0n) is 18.3. The fourth-order valence-corrected chi connectivity index (χ4v) is 4.02. The van der Waals surface area contributed by atoms with Crippen molar-refractivity contribution < 1.29 is 14.6 Å². The van der Waals surface area contributed by atoms with Gasteiger partial charge in [-0.25, -0.2) is 4.79 Å². The van der Waals surface area contributed by atoms with Gasteiger partial charge in [-0.05, 0) is 49.4 Å². The molecule has 1 aliphatic rings. The molecule has 1 saturated heterocycles. The van der Waals surface area contributed by atoms with E-state index in [-0.39, 0.29) is 12.5 Å². The van der Waals surface area contributed by atoms with Crippen molar-refractivity contribution >= 4 is 17.8 Å². The van der Waals surface area contributed by atoms with Gasteiger partial charge in [0.05, 0.1) is 19.0 Å². The number of imidazole rings is 1. The Morgan fingerprint density at radius 3 is 2.39 bits per heavy atom. The van der Waals surface area contributed by atoms with E-state index in [1.807, 2.05) is 18.2 Å². The average molecular weight is 474 g/mol. The van der Waals surface area contributed by atoms with Gasteiger partial charge < -0.3 is 19.5 Å². The van der Waals surface area contributed by atoms with Crippen LogP contribution in [0.15, 0.2) is 56.9 Å². The van der Waals surface area contributed by atoms with Gasteiger partial charge in [-0.15, -0.1) is 0 Å². The van der Waals surface area contributed by atoms with Gasteiger partial charge in [0, 0.05) is 49.9 Å². The van der Waals surface area contributed by atoms with E-state index >= 15 is 0 Å². The van der Waals surface area contributed by atoms with Crippen LogP contribution in [0.4, 0.5) is 0 Å². The van der Waals surface area contributed by atoms with Gasteiger partial charge in [0.15, 0.2) is 0 Å². The third-order valence-electron chi connectivity index (χ3n) is 5.74. The molecule has 0 bridgehead atoms. The Balaban J connectivity index is 1.33. The van der Waals surface area contributed by atoms with E-state index in [4.69, 9.17) is 21.1 Å². The zero-order valence-corrected chi connectivity index (χ0v) is 19.1. The lowest BCUT2D eigenvalue weighted by atomic mass is 10.2. The highest BCUT2D eigenvalue weighted by Gasteiger charge is 2.16. The minimum Gasteiger partial charge on any atom is -0.493 e. The first-order valence-electron chi connectivity index (χ1n) is 11.0. The number of halogens is 1. The Bertz CT molecular complexity index is 1130. The maximum absolute atomic E-state index is 12.6. The molecule has 10 heteroatoms. The maximum atomic E-state index is 12.6. The Labute approximate surface area is 196 Å². The maximum Gasteiger partial charge on any atom is 0.351 e. The van der Waals surface area contributed by atoms with Crippen LogP contribution in [0.5, 0.6) is 5.88 Å². The van der Waals surface area contributed by atoms with Gasteiger partial charge in [0.1, 0.15) is 11.5 Å². The molecule has 0 saturated carbocycles. The summed E-state index contributed by atoms with van der Waals surface area (Å²) in [7, 11) is 0. The van der Waals surface area contributed by atoms with E-state index in [0.29, 0.717) is 29.6 Å². The second-order valence-electron chi connectivity index (χ2n) is 7.98. The zero-order chi connectivity index (χ0) is 23.2. The van der Waals surface area contributed by atoms with Gasteiger partial charge in [0.25, 0.3) is 0 Å². The summed E-state index contributed by atoms with van der Waals surface area (Å²) in [6.45, 7) is 5.89. The number of nitrogens with zero attached hydrogens (tertiary/aromatic N) is 5. The molecule has 4 rings (SSSR count). The number of aromatic nitrogens is 2. The highest BCUT2D eigenvalue weighted by molar-refractivity contribution is 6.30. The number of aromatic hydroxyl groups is 1. The van der Waals surface area contributed by atoms with Crippen LogP contribution in [-0.2, 0) is 6.54 Å². The summed E-state index contributed by atoms with van der Waals surface area (Å²) in [5.74, 6) is 1.03. The summed E-state index contributed by atoms with van der Waals surface area (Å²) in [5.41, 5.74) is 0.482. The van der Waals surface area contributed by atoms with Crippen LogP contribution in [0, 0.1) is 0 Å². The standard InChI is InChI=1S/C23H28ClN5O4/c24-19-4-2-18(3-5-19)21-7-6-20(33-21)16-25-29-17-22(31)28(23(29)32)9-1-8-26-10-12-27(13-11-26)14-15-30/h2-7,16-17,30-31H,1,8-15H2. The van der Waals surface area contributed by atoms with Gasteiger partial charge in [-0.2, -0.15) is 9.78 Å². The molecule has 3 aromatic rings. The highest BCUT2D eigenvalue weighted by atomic mass is 35.5.